The van der Waals surface area contributed by atoms with Crippen LogP contribution in [0.2, 0.25) is 0 Å². The quantitative estimate of drug-likeness (QED) is 0.535. The second kappa shape index (κ2) is 6.86. The summed E-state index contributed by atoms with van der Waals surface area (Å²) < 4.78 is 2.30. The molecule has 1 atom stereocenters. The highest BCUT2D eigenvalue weighted by Crippen LogP contribution is 2.16. The minimum atomic E-state index is 0.726. The van der Waals surface area contributed by atoms with Crippen LogP contribution in [0.5, 0.6) is 0 Å². The number of guanidine groups is 1. The molecule has 2 aromatic rings. The van der Waals surface area contributed by atoms with E-state index in [1.54, 1.807) is 0 Å². The average Bonchev–Trinajstić information content (AvgIpc) is 2.95. The van der Waals surface area contributed by atoms with Gasteiger partial charge in [-0.2, -0.15) is 0 Å². The highest BCUT2D eigenvalue weighted by Gasteiger charge is 2.17. The fraction of sp³-hybridized carbons (Fsp3) is 0.500. The SMILES string of the molecule is CC1CCCN(C(N)=NCCCn2ccc3ccccc32)C1. The summed E-state index contributed by atoms with van der Waals surface area (Å²) in [6.45, 7) is 6.18. The molecule has 0 radical (unpaired) electrons. The van der Waals surface area contributed by atoms with Gasteiger partial charge in [-0.25, -0.2) is 0 Å². The first-order chi connectivity index (χ1) is 10.7. The number of aliphatic imine (C=N–C) groups is 1. The predicted molar refractivity (Wildman–Crippen MR) is 93.0 cm³/mol. The second-order valence-electron chi connectivity index (χ2n) is 6.35. The lowest BCUT2D eigenvalue weighted by atomic mass is 10.0. The number of likely N-dealkylation sites (tertiary alicyclic amines) is 1. The van der Waals surface area contributed by atoms with E-state index in [1.165, 1.54) is 23.7 Å². The molecule has 4 nitrogen and oxygen atoms in total. The van der Waals surface area contributed by atoms with Gasteiger partial charge in [-0.1, -0.05) is 25.1 Å². The highest BCUT2D eigenvalue weighted by molar-refractivity contribution is 5.80. The van der Waals surface area contributed by atoms with Gasteiger partial charge in [0.15, 0.2) is 5.96 Å². The monoisotopic (exact) mass is 298 g/mol. The van der Waals surface area contributed by atoms with Gasteiger partial charge < -0.3 is 15.2 Å². The summed E-state index contributed by atoms with van der Waals surface area (Å²) in [5.74, 6) is 1.46. The number of hydrogen-bond acceptors (Lipinski definition) is 1. The summed E-state index contributed by atoms with van der Waals surface area (Å²) in [4.78, 5) is 6.80. The summed E-state index contributed by atoms with van der Waals surface area (Å²) in [6.07, 6.45) is 5.71. The fourth-order valence-corrected chi connectivity index (χ4v) is 3.27. The van der Waals surface area contributed by atoms with Crippen molar-refractivity contribution in [2.45, 2.75) is 32.7 Å². The van der Waals surface area contributed by atoms with Crippen molar-refractivity contribution < 1.29 is 0 Å². The predicted octanol–water partition coefficient (Wildman–Crippen LogP) is 3.08. The van der Waals surface area contributed by atoms with Crippen molar-refractivity contribution in [1.82, 2.24) is 9.47 Å². The largest absolute Gasteiger partial charge is 0.370 e. The molecule has 0 spiro atoms. The van der Waals surface area contributed by atoms with E-state index in [9.17, 15) is 0 Å². The molecule has 1 aromatic carbocycles. The molecule has 1 aliphatic heterocycles. The summed E-state index contributed by atoms with van der Waals surface area (Å²) in [7, 11) is 0. The van der Waals surface area contributed by atoms with Crippen LogP contribution in [0.15, 0.2) is 41.5 Å². The van der Waals surface area contributed by atoms with E-state index in [4.69, 9.17) is 5.73 Å². The third-order valence-electron chi connectivity index (χ3n) is 4.49. The molecule has 0 saturated carbocycles. The maximum absolute atomic E-state index is 6.13. The van der Waals surface area contributed by atoms with Gasteiger partial charge in [0.25, 0.3) is 0 Å². The van der Waals surface area contributed by atoms with E-state index in [2.05, 4.69) is 57.9 Å². The molecule has 4 heteroatoms. The Labute approximate surface area is 132 Å². The Hall–Kier alpha value is -1.97. The van der Waals surface area contributed by atoms with E-state index < -0.39 is 0 Å². The molecule has 0 amide bonds. The third-order valence-corrected chi connectivity index (χ3v) is 4.49. The van der Waals surface area contributed by atoms with Crippen LogP contribution < -0.4 is 5.73 Å². The van der Waals surface area contributed by atoms with Crippen LogP contribution >= 0.6 is 0 Å². The number of fused-ring (bicyclic) bond motifs is 1. The minimum Gasteiger partial charge on any atom is -0.370 e. The molecule has 1 aliphatic rings. The molecule has 2 heterocycles. The molecule has 3 rings (SSSR count). The number of rotatable bonds is 4. The van der Waals surface area contributed by atoms with Crippen LogP contribution in [0, 0.1) is 5.92 Å². The lowest BCUT2D eigenvalue weighted by Crippen LogP contribution is -2.43. The van der Waals surface area contributed by atoms with Crippen molar-refractivity contribution in [2.24, 2.45) is 16.6 Å². The van der Waals surface area contributed by atoms with Gasteiger partial charge in [-0.3, -0.25) is 4.99 Å². The molecule has 1 unspecified atom stereocenters. The lowest BCUT2D eigenvalue weighted by molar-refractivity contribution is 0.270. The standard InChI is InChI=1S/C18H26N4/c1-15-6-4-11-22(14-15)18(19)20-10-5-12-21-13-9-16-7-2-3-8-17(16)21/h2-3,7-9,13,15H,4-6,10-12,14H2,1H3,(H2,19,20). The molecule has 1 saturated heterocycles. The number of piperidine rings is 1. The molecular weight excluding hydrogens is 272 g/mol. The first-order valence-electron chi connectivity index (χ1n) is 8.33. The summed E-state index contributed by atoms with van der Waals surface area (Å²) in [5.41, 5.74) is 7.43. The van der Waals surface area contributed by atoms with Crippen LogP contribution in [0.4, 0.5) is 0 Å². The third kappa shape index (κ3) is 3.43. The topological polar surface area (TPSA) is 46.5 Å². The van der Waals surface area contributed by atoms with Crippen molar-refractivity contribution >= 4 is 16.9 Å². The zero-order chi connectivity index (χ0) is 15.4. The van der Waals surface area contributed by atoms with Gasteiger partial charge in [0.2, 0.25) is 0 Å². The molecule has 1 aromatic heterocycles. The molecular formula is C18H26N4. The Morgan fingerprint density at radius 2 is 2.18 bits per heavy atom. The van der Waals surface area contributed by atoms with Gasteiger partial charge in [0, 0.05) is 37.9 Å². The summed E-state index contributed by atoms with van der Waals surface area (Å²) in [5, 5.41) is 1.30. The van der Waals surface area contributed by atoms with Crippen LogP contribution in [-0.4, -0.2) is 35.1 Å². The first-order valence-corrected chi connectivity index (χ1v) is 8.33. The highest BCUT2D eigenvalue weighted by atomic mass is 15.3. The first kappa shape index (κ1) is 14.9. The number of nitrogens with two attached hydrogens (primary N) is 1. The Bertz CT molecular complexity index is 643. The van der Waals surface area contributed by atoms with Crippen molar-refractivity contribution in [1.29, 1.82) is 0 Å². The van der Waals surface area contributed by atoms with E-state index in [-0.39, 0.29) is 0 Å². The Morgan fingerprint density at radius 3 is 3.05 bits per heavy atom. The van der Waals surface area contributed by atoms with Crippen molar-refractivity contribution in [3.8, 4) is 0 Å². The normalized spacial score (nSPS) is 19.8. The van der Waals surface area contributed by atoms with E-state index in [1.807, 2.05) is 0 Å². The van der Waals surface area contributed by atoms with E-state index in [0.29, 0.717) is 0 Å². The van der Waals surface area contributed by atoms with Crippen LogP contribution in [-0.2, 0) is 6.54 Å². The fourth-order valence-electron chi connectivity index (χ4n) is 3.27. The Kier molecular flexibility index (Phi) is 4.66. The van der Waals surface area contributed by atoms with E-state index >= 15 is 0 Å². The molecule has 2 N–H and O–H groups in total. The zero-order valence-electron chi connectivity index (χ0n) is 13.4. The Balaban J connectivity index is 1.51. The number of aromatic nitrogens is 1. The smallest absolute Gasteiger partial charge is 0.191 e. The molecule has 118 valence electrons. The molecule has 0 aliphatic carbocycles. The molecule has 1 fully saturated rings. The molecule has 22 heavy (non-hydrogen) atoms. The van der Waals surface area contributed by atoms with Crippen LogP contribution in [0.1, 0.15) is 26.2 Å². The maximum atomic E-state index is 6.13. The summed E-state index contributed by atoms with van der Waals surface area (Å²) >= 11 is 0. The number of benzene rings is 1. The van der Waals surface area contributed by atoms with Gasteiger partial charge in [-0.05, 0) is 42.7 Å². The number of hydrogen-bond donors (Lipinski definition) is 1. The van der Waals surface area contributed by atoms with Gasteiger partial charge in [0.1, 0.15) is 0 Å². The number of para-hydroxylation sites is 1. The van der Waals surface area contributed by atoms with Crippen molar-refractivity contribution in [3.05, 3.63) is 36.5 Å². The van der Waals surface area contributed by atoms with Crippen LogP contribution in [0.3, 0.4) is 0 Å². The molecule has 0 bridgehead atoms. The minimum absolute atomic E-state index is 0.726. The van der Waals surface area contributed by atoms with Gasteiger partial charge >= 0.3 is 0 Å². The maximum Gasteiger partial charge on any atom is 0.191 e. The average molecular weight is 298 g/mol. The second-order valence-corrected chi connectivity index (χ2v) is 6.35. The van der Waals surface area contributed by atoms with Crippen molar-refractivity contribution in [2.75, 3.05) is 19.6 Å². The van der Waals surface area contributed by atoms with Gasteiger partial charge in [-0.15, -0.1) is 0 Å². The van der Waals surface area contributed by atoms with E-state index in [0.717, 1.165) is 44.5 Å². The number of nitrogens with zero attached hydrogens (tertiary/aromatic N) is 3. The zero-order valence-corrected chi connectivity index (χ0v) is 13.4. The van der Waals surface area contributed by atoms with Gasteiger partial charge in [0.05, 0.1) is 0 Å². The number of aryl methyl sites for hydroxylation is 1. The Morgan fingerprint density at radius 1 is 1.32 bits per heavy atom. The van der Waals surface area contributed by atoms with Crippen molar-refractivity contribution in [3.63, 3.8) is 0 Å². The summed E-state index contributed by atoms with van der Waals surface area (Å²) in [6, 6.07) is 10.7. The van der Waals surface area contributed by atoms with Crippen LogP contribution in [0.25, 0.3) is 10.9 Å². The lowest BCUT2D eigenvalue weighted by Gasteiger charge is -2.31.